The van der Waals surface area contributed by atoms with Crippen LogP contribution in [0.25, 0.3) is 0 Å². The van der Waals surface area contributed by atoms with E-state index in [1.54, 1.807) is 18.4 Å². The van der Waals surface area contributed by atoms with E-state index in [1.165, 1.54) is 0 Å². The summed E-state index contributed by atoms with van der Waals surface area (Å²) in [4.78, 5) is 0.994. The van der Waals surface area contributed by atoms with Crippen LogP contribution in [0.1, 0.15) is 30.7 Å². The predicted octanol–water partition coefficient (Wildman–Crippen LogP) is 2.59. The molecule has 1 N–H and O–H groups in total. The molecule has 0 saturated heterocycles. The average Bonchev–Trinajstić information content (AvgIpc) is 2.52. The molecule has 0 fully saturated rings. The molecule has 0 spiro atoms. The number of hydrogen-bond donors (Lipinski definition) is 1. The van der Waals surface area contributed by atoms with Crippen molar-refractivity contribution in [3.05, 3.63) is 16.3 Å². The summed E-state index contributed by atoms with van der Waals surface area (Å²) in [6, 6.07) is 1.89. The van der Waals surface area contributed by atoms with E-state index in [2.05, 4.69) is 6.92 Å². The molecule has 2 nitrogen and oxygen atoms in total. The van der Waals surface area contributed by atoms with Crippen molar-refractivity contribution in [1.29, 1.82) is 0 Å². The maximum absolute atomic E-state index is 9.58. The first-order valence-corrected chi connectivity index (χ1v) is 4.96. The number of hydrogen-bond acceptors (Lipinski definition) is 3. The quantitative estimate of drug-likeness (QED) is 0.783. The van der Waals surface area contributed by atoms with E-state index >= 15 is 0 Å². The molecule has 1 atom stereocenters. The molecular formula is C9H14O2S. The second-order valence-corrected chi connectivity index (χ2v) is 3.64. The fraction of sp³-hybridized carbons (Fsp3) is 0.556. The van der Waals surface area contributed by atoms with Crippen molar-refractivity contribution < 1.29 is 9.84 Å². The van der Waals surface area contributed by atoms with E-state index in [0.29, 0.717) is 0 Å². The molecule has 0 aromatic carbocycles. The van der Waals surface area contributed by atoms with Gasteiger partial charge in [0.05, 0.1) is 13.2 Å². The van der Waals surface area contributed by atoms with E-state index in [1.807, 2.05) is 11.4 Å². The molecule has 1 aromatic rings. The van der Waals surface area contributed by atoms with Crippen molar-refractivity contribution in [2.75, 3.05) is 7.11 Å². The van der Waals surface area contributed by atoms with E-state index in [-0.39, 0.29) is 6.10 Å². The minimum absolute atomic E-state index is 0.316. The Morgan fingerprint density at radius 3 is 2.92 bits per heavy atom. The molecule has 1 heterocycles. The summed E-state index contributed by atoms with van der Waals surface area (Å²) in [6.45, 7) is 2.06. The lowest BCUT2D eigenvalue weighted by Crippen LogP contribution is -1.92. The molecule has 0 aliphatic heterocycles. The van der Waals surface area contributed by atoms with Gasteiger partial charge in [-0.3, -0.25) is 0 Å². The smallest absolute Gasteiger partial charge is 0.129 e. The minimum atomic E-state index is -0.316. The van der Waals surface area contributed by atoms with E-state index in [4.69, 9.17) is 4.74 Å². The highest BCUT2D eigenvalue weighted by molar-refractivity contribution is 7.10. The zero-order valence-electron chi connectivity index (χ0n) is 7.41. The second kappa shape index (κ2) is 4.48. The van der Waals surface area contributed by atoms with Crippen LogP contribution in [0.2, 0.25) is 0 Å². The van der Waals surface area contributed by atoms with Gasteiger partial charge in [-0.1, -0.05) is 13.3 Å². The molecule has 3 heteroatoms. The van der Waals surface area contributed by atoms with Gasteiger partial charge < -0.3 is 9.84 Å². The Hall–Kier alpha value is -0.540. The molecule has 0 bridgehead atoms. The van der Waals surface area contributed by atoms with Gasteiger partial charge in [0.15, 0.2) is 0 Å². The Balaban J connectivity index is 2.61. The van der Waals surface area contributed by atoms with Crippen LogP contribution in [-0.4, -0.2) is 12.2 Å². The molecule has 0 aliphatic carbocycles. The Bertz CT molecular complexity index is 232. The molecule has 68 valence electrons. The Labute approximate surface area is 76.8 Å². The summed E-state index contributed by atoms with van der Waals surface area (Å²) in [7, 11) is 1.64. The second-order valence-electron chi connectivity index (χ2n) is 2.69. The van der Waals surface area contributed by atoms with Gasteiger partial charge in [-0.15, -0.1) is 11.3 Å². The molecule has 0 radical (unpaired) electrons. The largest absolute Gasteiger partial charge is 0.496 e. The zero-order valence-corrected chi connectivity index (χ0v) is 8.23. The maximum atomic E-state index is 9.58. The lowest BCUT2D eigenvalue weighted by Gasteiger charge is -2.04. The van der Waals surface area contributed by atoms with Gasteiger partial charge in [0.25, 0.3) is 0 Å². The maximum Gasteiger partial charge on any atom is 0.129 e. The van der Waals surface area contributed by atoms with Crippen LogP contribution >= 0.6 is 11.3 Å². The number of thiophene rings is 1. The molecule has 0 aliphatic rings. The third-order valence-corrected chi connectivity index (χ3v) is 2.73. The highest BCUT2D eigenvalue weighted by Crippen LogP contribution is 2.28. The first-order valence-electron chi connectivity index (χ1n) is 4.08. The van der Waals surface area contributed by atoms with Crippen LogP contribution < -0.4 is 4.74 Å². The zero-order chi connectivity index (χ0) is 8.97. The molecular weight excluding hydrogens is 172 g/mol. The van der Waals surface area contributed by atoms with Crippen LogP contribution in [0.15, 0.2) is 11.4 Å². The fourth-order valence-corrected chi connectivity index (χ4v) is 1.91. The van der Waals surface area contributed by atoms with Crippen molar-refractivity contribution in [2.24, 2.45) is 0 Å². The number of aliphatic hydroxyl groups excluding tert-OH is 1. The summed E-state index contributed by atoms with van der Waals surface area (Å²) in [6.07, 6.45) is 1.51. The lowest BCUT2D eigenvalue weighted by atomic mass is 10.2. The van der Waals surface area contributed by atoms with Crippen LogP contribution in [0.4, 0.5) is 0 Å². The molecule has 12 heavy (non-hydrogen) atoms. The minimum Gasteiger partial charge on any atom is -0.496 e. The predicted molar refractivity (Wildman–Crippen MR) is 50.7 cm³/mol. The van der Waals surface area contributed by atoms with Gasteiger partial charge in [0, 0.05) is 10.3 Å². The van der Waals surface area contributed by atoms with Gasteiger partial charge in [0.1, 0.15) is 5.75 Å². The van der Waals surface area contributed by atoms with Crippen molar-refractivity contribution in [3.63, 3.8) is 0 Å². The van der Waals surface area contributed by atoms with Crippen molar-refractivity contribution >= 4 is 11.3 Å². The molecule has 1 unspecified atom stereocenters. The number of aliphatic hydroxyl groups is 1. The summed E-state index contributed by atoms with van der Waals surface area (Å²) in [5.74, 6) is 0.838. The summed E-state index contributed by atoms with van der Waals surface area (Å²) in [5.41, 5.74) is 0. The number of methoxy groups -OCH3 is 1. The third kappa shape index (κ3) is 2.22. The number of rotatable bonds is 4. The van der Waals surface area contributed by atoms with Crippen LogP contribution in [0, 0.1) is 0 Å². The van der Waals surface area contributed by atoms with Gasteiger partial charge >= 0.3 is 0 Å². The molecule has 0 amide bonds. The molecule has 1 rings (SSSR count). The van der Waals surface area contributed by atoms with Gasteiger partial charge in [-0.05, 0) is 12.5 Å². The Morgan fingerprint density at radius 2 is 2.42 bits per heavy atom. The number of ether oxygens (including phenoxy) is 1. The SMILES string of the molecule is CCCC(O)c1cc(OC)cs1. The van der Waals surface area contributed by atoms with Crippen LogP contribution in [-0.2, 0) is 0 Å². The standard InChI is InChI=1S/C9H14O2S/c1-3-4-8(10)9-5-7(11-2)6-12-9/h5-6,8,10H,3-4H2,1-2H3. The summed E-state index contributed by atoms with van der Waals surface area (Å²) in [5, 5.41) is 11.5. The normalized spacial score (nSPS) is 12.9. The van der Waals surface area contributed by atoms with Gasteiger partial charge in [-0.2, -0.15) is 0 Å². The first-order chi connectivity index (χ1) is 5.77. The van der Waals surface area contributed by atoms with E-state index < -0.39 is 0 Å². The fourth-order valence-electron chi connectivity index (χ4n) is 1.03. The van der Waals surface area contributed by atoms with Crippen molar-refractivity contribution in [2.45, 2.75) is 25.9 Å². The average molecular weight is 186 g/mol. The lowest BCUT2D eigenvalue weighted by molar-refractivity contribution is 0.170. The van der Waals surface area contributed by atoms with E-state index in [0.717, 1.165) is 23.5 Å². The summed E-state index contributed by atoms with van der Waals surface area (Å²) >= 11 is 1.55. The van der Waals surface area contributed by atoms with E-state index in [9.17, 15) is 5.11 Å². The topological polar surface area (TPSA) is 29.5 Å². The van der Waals surface area contributed by atoms with Crippen LogP contribution in [0.3, 0.4) is 0 Å². The Kier molecular flexibility index (Phi) is 3.56. The van der Waals surface area contributed by atoms with Gasteiger partial charge in [0.2, 0.25) is 0 Å². The summed E-state index contributed by atoms with van der Waals surface area (Å²) < 4.78 is 5.02. The highest BCUT2D eigenvalue weighted by Gasteiger charge is 2.08. The van der Waals surface area contributed by atoms with Crippen molar-refractivity contribution in [3.8, 4) is 5.75 Å². The van der Waals surface area contributed by atoms with Gasteiger partial charge in [-0.25, -0.2) is 0 Å². The monoisotopic (exact) mass is 186 g/mol. The first kappa shape index (κ1) is 9.55. The molecule has 0 saturated carbocycles. The third-order valence-electron chi connectivity index (χ3n) is 1.72. The molecule has 1 aromatic heterocycles. The van der Waals surface area contributed by atoms with Crippen LogP contribution in [0.5, 0.6) is 5.75 Å². The Morgan fingerprint density at radius 1 is 1.67 bits per heavy atom. The van der Waals surface area contributed by atoms with Crippen molar-refractivity contribution in [1.82, 2.24) is 0 Å². The highest BCUT2D eigenvalue weighted by atomic mass is 32.1.